The first-order valence-corrected chi connectivity index (χ1v) is 8.52. The van der Waals surface area contributed by atoms with Gasteiger partial charge in [0.05, 0.1) is 5.60 Å². The van der Waals surface area contributed by atoms with E-state index in [1.54, 1.807) is 11.8 Å². The van der Waals surface area contributed by atoms with Crippen molar-refractivity contribution in [1.82, 2.24) is 0 Å². The smallest absolute Gasteiger partial charge is 0.107 e. The van der Waals surface area contributed by atoms with E-state index in [0.29, 0.717) is 4.99 Å². The van der Waals surface area contributed by atoms with E-state index in [1.807, 2.05) is 19.2 Å². The number of thioether (sulfide) groups is 1. The predicted molar refractivity (Wildman–Crippen MR) is 90.8 cm³/mol. The standard InChI is InChI=1S/C15H22N2OS2/c1-15(18)7-4-9-17(10-8-15)11-5-3-6-12(20-2)13(11)14(16)19/h3,5-6,18H,4,7-10H2,1-2H3,(H2,16,19). The summed E-state index contributed by atoms with van der Waals surface area (Å²) in [5.41, 5.74) is 7.44. The lowest BCUT2D eigenvalue weighted by Gasteiger charge is -2.27. The Hall–Kier alpha value is -0.780. The zero-order chi connectivity index (χ0) is 14.8. The molecule has 3 N–H and O–H groups in total. The van der Waals surface area contributed by atoms with Crippen molar-refractivity contribution >= 4 is 34.7 Å². The van der Waals surface area contributed by atoms with Crippen LogP contribution in [-0.2, 0) is 0 Å². The molecule has 5 heteroatoms. The van der Waals surface area contributed by atoms with Gasteiger partial charge in [-0.05, 0) is 44.6 Å². The Morgan fingerprint density at radius 1 is 1.40 bits per heavy atom. The van der Waals surface area contributed by atoms with Crippen LogP contribution in [0.2, 0.25) is 0 Å². The van der Waals surface area contributed by atoms with Crippen LogP contribution in [0.4, 0.5) is 5.69 Å². The van der Waals surface area contributed by atoms with Crippen LogP contribution < -0.4 is 10.6 Å². The molecular formula is C15H22N2OS2. The molecule has 0 saturated carbocycles. The number of benzene rings is 1. The van der Waals surface area contributed by atoms with Crippen molar-refractivity contribution in [2.24, 2.45) is 5.73 Å². The highest BCUT2D eigenvalue weighted by molar-refractivity contribution is 7.98. The predicted octanol–water partition coefficient (Wildman–Crippen LogP) is 2.78. The minimum absolute atomic E-state index is 0.445. The number of nitrogens with zero attached hydrogens (tertiary/aromatic N) is 1. The van der Waals surface area contributed by atoms with Gasteiger partial charge < -0.3 is 15.7 Å². The molecule has 1 aliphatic rings. The summed E-state index contributed by atoms with van der Waals surface area (Å²) in [5.74, 6) is 0. The fourth-order valence-corrected chi connectivity index (χ4v) is 3.62. The minimum atomic E-state index is -0.560. The molecular weight excluding hydrogens is 288 g/mol. The van der Waals surface area contributed by atoms with Crippen molar-refractivity contribution in [2.75, 3.05) is 24.2 Å². The summed E-state index contributed by atoms with van der Waals surface area (Å²) in [5, 5.41) is 10.2. The molecule has 0 aliphatic carbocycles. The summed E-state index contributed by atoms with van der Waals surface area (Å²) in [6, 6.07) is 6.18. The van der Waals surface area contributed by atoms with E-state index < -0.39 is 5.60 Å². The first kappa shape index (κ1) is 15.6. The van der Waals surface area contributed by atoms with Gasteiger partial charge in [0.1, 0.15) is 4.99 Å². The zero-order valence-electron chi connectivity index (χ0n) is 12.1. The second-order valence-corrected chi connectivity index (χ2v) is 6.84. The van der Waals surface area contributed by atoms with Crippen molar-refractivity contribution < 1.29 is 5.11 Å². The molecule has 0 radical (unpaired) electrons. The number of rotatable bonds is 3. The van der Waals surface area contributed by atoms with Crippen molar-refractivity contribution in [1.29, 1.82) is 0 Å². The Kier molecular flexibility index (Phi) is 4.94. The van der Waals surface area contributed by atoms with Crippen molar-refractivity contribution in [2.45, 2.75) is 36.7 Å². The summed E-state index contributed by atoms with van der Waals surface area (Å²) >= 11 is 6.90. The second kappa shape index (κ2) is 6.33. The maximum atomic E-state index is 10.2. The maximum absolute atomic E-state index is 10.2. The number of hydrogen-bond donors (Lipinski definition) is 2. The molecule has 2 rings (SSSR count). The molecule has 3 nitrogen and oxygen atoms in total. The molecule has 1 saturated heterocycles. The van der Waals surface area contributed by atoms with E-state index in [2.05, 4.69) is 17.0 Å². The van der Waals surface area contributed by atoms with Crippen LogP contribution in [0.1, 0.15) is 31.7 Å². The molecule has 0 spiro atoms. The van der Waals surface area contributed by atoms with Gasteiger partial charge in [-0.25, -0.2) is 0 Å². The van der Waals surface area contributed by atoms with Gasteiger partial charge in [-0.2, -0.15) is 0 Å². The average molecular weight is 310 g/mol. The van der Waals surface area contributed by atoms with Gasteiger partial charge in [0, 0.05) is 29.2 Å². The molecule has 1 atom stereocenters. The Labute approximate surface area is 130 Å². The molecule has 20 heavy (non-hydrogen) atoms. The maximum Gasteiger partial charge on any atom is 0.107 e. The van der Waals surface area contributed by atoms with E-state index in [0.717, 1.165) is 48.5 Å². The molecule has 0 amide bonds. The van der Waals surface area contributed by atoms with Crippen LogP contribution in [0.5, 0.6) is 0 Å². The van der Waals surface area contributed by atoms with Gasteiger partial charge >= 0.3 is 0 Å². The fraction of sp³-hybridized carbons (Fsp3) is 0.533. The van der Waals surface area contributed by atoms with Crippen LogP contribution in [0.15, 0.2) is 23.1 Å². The lowest BCUT2D eigenvalue weighted by atomic mass is 9.98. The van der Waals surface area contributed by atoms with Gasteiger partial charge in [-0.3, -0.25) is 0 Å². The van der Waals surface area contributed by atoms with Gasteiger partial charge in [-0.15, -0.1) is 11.8 Å². The summed E-state index contributed by atoms with van der Waals surface area (Å²) in [4.78, 5) is 3.86. The molecule has 110 valence electrons. The van der Waals surface area contributed by atoms with Crippen LogP contribution in [0, 0.1) is 0 Å². The van der Waals surface area contributed by atoms with Crippen molar-refractivity contribution in [3.05, 3.63) is 23.8 Å². The molecule has 1 unspecified atom stereocenters. The lowest BCUT2D eigenvalue weighted by molar-refractivity contribution is 0.0481. The highest BCUT2D eigenvalue weighted by atomic mass is 32.2. The van der Waals surface area contributed by atoms with Crippen molar-refractivity contribution in [3.8, 4) is 0 Å². The fourth-order valence-electron chi connectivity index (χ4n) is 2.71. The first-order chi connectivity index (χ1) is 9.44. The van der Waals surface area contributed by atoms with Crippen LogP contribution in [0.3, 0.4) is 0 Å². The van der Waals surface area contributed by atoms with E-state index >= 15 is 0 Å². The van der Waals surface area contributed by atoms with E-state index in [4.69, 9.17) is 18.0 Å². The zero-order valence-corrected chi connectivity index (χ0v) is 13.7. The number of nitrogens with two attached hydrogens (primary N) is 1. The summed E-state index contributed by atoms with van der Waals surface area (Å²) in [6.45, 7) is 3.69. The van der Waals surface area contributed by atoms with E-state index in [9.17, 15) is 5.11 Å². The first-order valence-electron chi connectivity index (χ1n) is 6.89. The van der Waals surface area contributed by atoms with Crippen LogP contribution >= 0.6 is 24.0 Å². The van der Waals surface area contributed by atoms with Gasteiger partial charge in [0.2, 0.25) is 0 Å². The monoisotopic (exact) mass is 310 g/mol. The third-order valence-corrected chi connectivity index (χ3v) is 4.86. The normalized spacial score (nSPS) is 23.4. The van der Waals surface area contributed by atoms with Gasteiger partial charge in [-0.1, -0.05) is 18.3 Å². The van der Waals surface area contributed by atoms with Gasteiger partial charge in [0.15, 0.2) is 0 Å². The Balaban J connectivity index is 2.35. The highest BCUT2D eigenvalue weighted by Crippen LogP contribution is 2.32. The van der Waals surface area contributed by atoms with Gasteiger partial charge in [0.25, 0.3) is 0 Å². The molecule has 1 aliphatic heterocycles. The SMILES string of the molecule is CSc1cccc(N2CCCC(C)(O)CC2)c1C(N)=S. The Morgan fingerprint density at radius 2 is 2.15 bits per heavy atom. The molecule has 1 heterocycles. The lowest BCUT2D eigenvalue weighted by Crippen LogP contribution is -2.30. The number of thiocarbonyl (C=S) groups is 1. The number of hydrogen-bond acceptors (Lipinski definition) is 4. The quantitative estimate of drug-likeness (QED) is 0.664. The van der Waals surface area contributed by atoms with E-state index in [-0.39, 0.29) is 0 Å². The molecule has 1 aromatic carbocycles. The third-order valence-electron chi connectivity index (χ3n) is 3.87. The second-order valence-electron chi connectivity index (χ2n) is 5.56. The summed E-state index contributed by atoms with van der Waals surface area (Å²) < 4.78 is 0. The largest absolute Gasteiger partial charge is 0.390 e. The summed E-state index contributed by atoms with van der Waals surface area (Å²) in [7, 11) is 0. The number of anilines is 1. The molecule has 1 aromatic rings. The highest BCUT2D eigenvalue weighted by Gasteiger charge is 2.26. The van der Waals surface area contributed by atoms with Crippen molar-refractivity contribution in [3.63, 3.8) is 0 Å². The minimum Gasteiger partial charge on any atom is -0.390 e. The van der Waals surface area contributed by atoms with E-state index in [1.165, 1.54) is 0 Å². The van der Waals surface area contributed by atoms with Crippen LogP contribution in [-0.4, -0.2) is 35.0 Å². The molecule has 1 fully saturated rings. The Bertz CT molecular complexity index is 503. The summed E-state index contributed by atoms with van der Waals surface area (Å²) in [6.07, 6.45) is 4.63. The molecule has 0 aromatic heterocycles. The molecule has 0 bridgehead atoms. The number of aliphatic hydroxyl groups is 1. The average Bonchev–Trinajstić information content (AvgIpc) is 2.58. The topological polar surface area (TPSA) is 49.5 Å². The Morgan fingerprint density at radius 3 is 2.80 bits per heavy atom. The third kappa shape index (κ3) is 3.45. The van der Waals surface area contributed by atoms with Crippen LogP contribution in [0.25, 0.3) is 0 Å².